The Labute approximate surface area is 119 Å². The molecular weight excluding hydrogens is 285 g/mol. The summed E-state index contributed by atoms with van der Waals surface area (Å²) in [5.74, 6) is -3.79. The maximum Gasteiger partial charge on any atom is 0.194 e. The summed E-state index contributed by atoms with van der Waals surface area (Å²) < 4.78 is 39.9. The van der Waals surface area contributed by atoms with E-state index in [1.165, 1.54) is 17.4 Å². The second-order valence-corrected chi connectivity index (χ2v) is 6.70. The molecule has 0 unspecified atom stereocenters. The number of hydrogen-bond acceptors (Lipinski definition) is 3. The molecule has 1 heterocycles. The Morgan fingerprint density at radius 2 is 1.80 bits per heavy atom. The number of nitrogens with two attached hydrogens (primary N) is 1. The number of thiazole rings is 1. The second-order valence-electron chi connectivity index (χ2n) is 5.59. The van der Waals surface area contributed by atoms with Gasteiger partial charge in [0.25, 0.3) is 0 Å². The van der Waals surface area contributed by atoms with Crippen molar-refractivity contribution in [2.75, 3.05) is 5.73 Å². The molecule has 108 valence electrons. The van der Waals surface area contributed by atoms with E-state index in [-0.39, 0.29) is 17.4 Å². The molecule has 0 fully saturated rings. The third-order valence-electron chi connectivity index (χ3n) is 2.89. The zero-order chi connectivity index (χ0) is 15.1. The lowest BCUT2D eigenvalue weighted by atomic mass is 9.90. The van der Waals surface area contributed by atoms with Crippen molar-refractivity contribution in [3.05, 3.63) is 45.7 Å². The second kappa shape index (κ2) is 5.09. The molecule has 2 rings (SSSR count). The number of nitrogen functional groups attached to an aromatic ring is 1. The van der Waals surface area contributed by atoms with Gasteiger partial charge >= 0.3 is 0 Å². The molecule has 0 bridgehead atoms. The van der Waals surface area contributed by atoms with Crippen LogP contribution >= 0.6 is 11.3 Å². The average molecular weight is 300 g/mol. The van der Waals surface area contributed by atoms with Crippen LogP contribution in [0, 0.1) is 17.5 Å². The normalized spacial score (nSPS) is 11.9. The van der Waals surface area contributed by atoms with Crippen molar-refractivity contribution in [2.45, 2.75) is 32.6 Å². The van der Waals surface area contributed by atoms with Gasteiger partial charge in [-0.05, 0) is 11.6 Å². The molecule has 2 aromatic rings. The monoisotopic (exact) mass is 300 g/mol. The molecule has 6 heteroatoms. The van der Waals surface area contributed by atoms with Gasteiger partial charge in [-0.1, -0.05) is 26.8 Å². The minimum absolute atomic E-state index is 0.0954. The lowest BCUT2D eigenvalue weighted by Gasteiger charge is -2.17. The first kappa shape index (κ1) is 14.8. The molecule has 1 aromatic carbocycles. The van der Waals surface area contributed by atoms with Crippen LogP contribution in [0.4, 0.5) is 18.3 Å². The van der Waals surface area contributed by atoms with Crippen molar-refractivity contribution < 1.29 is 13.2 Å². The summed E-state index contributed by atoms with van der Waals surface area (Å²) in [6.07, 6.45) is 0.143. The van der Waals surface area contributed by atoms with Crippen LogP contribution in [0.3, 0.4) is 0 Å². The highest BCUT2D eigenvalue weighted by Crippen LogP contribution is 2.33. The highest BCUT2D eigenvalue weighted by molar-refractivity contribution is 7.15. The number of hydrogen-bond donors (Lipinski definition) is 1. The van der Waals surface area contributed by atoms with Crippen LogP contribution in [-0.4, -0.2) is 4.98 Å². The summed E-state index contributed by atoms with van der Waals surface area (Å²) in [5, 5.41) is 0.382. The van der Waals surface area contributed by atoms with Crippen molar-refractivity contribution in [3.63, 3.8) is 0 Å². The molecule has 0 saturated heterocycles. The van der Waals surface area contributed by atoms with E-state index >= 15 is 0 Å². The van der Waals surface area contributed by atoms with Crippen LogP contribution in [0.25, 0.3) is 0 Å². The number of nitrogens with zero attached hydrogens (tertiary/aromatic N) is 1. The van der Waals surface area contributed by atoms with E-state index in [4.69, 9.17) is 5.73 Å². The maximum atomic E-state index is 13.7. The van der Waals surface area contributed by atoms with Crippen molar-refractivity contribution in [1.82, 2.24) is 4.98 Å². The fourth-order valence-electron chi connectivity index (χ4n) is 1.95. The number of benzene rings is 1. The number of anilines is 1. The number of rotatable bonds is 2. The Morgan fingerprint density at radius 1 is 1.15 bits per heavy atom. The van der Waals surface area contributed by atoms with Gasteiger partial charge in [-0.2, -0.15) is 0 Å². The molecule has 0 saturated carbocycles. The number of halogens is 3. The third-order valence-corrected chi connectivity index (χ3v) is 3.77. The number of aromatic nitrogens is 1. The third kappa shape index (κ3) is 2.80. The summed E-state index contributed by atoms with van der Waals surface area (Å²) in [6, 6.07) is 2.17. The minimum Gasteiger partial charge on any atom is -0.375 e. The first-order chi connectivity index (χ1) is 9.20. The molecule has 2 N–H and O–H groups in total. The molecule has 0 atom stereocenters. The quantitative estimate of drug-likeness (QED) is 0.850. The largest absolute Gasteiger partial charge is 0.375 e. The SMILES string of the molecule is CC(C)(C)c1nc(N)sc1Cc1ccc(F)c(F)c1F. The average Bonchev–Trinajstić information content (AvgIpc) is 2.71. The zero-order valence-corrected chi connectivity index (χ0v) is 12.2. The van der Waals surface area contributed by atoms with E-state index in [0.717, 1.165) is 16.6 Å². The molecule has 0 aliphatic rings. The Balaban J connectivity index is 2.43. The Morgan fingerprint density at radius 3 is 2.40 bits per heavy atom. The van der Waals surface area contributed by atoms with Crippen LogP contribution in [0.1, 0.15) is 36.9 Å². The summed E-state index contributed by atoms with van der Waals surface area (Å²) in [5.41, 5.74) is 6.30. The standard InChI is InChI=1S/C14H15F3N2S/c1-14(2,3)12-9(20-13(18)19-12)6-7-4-5-8(15)11(17)10(7)16/h4-5H,6H2,1-3H3,(H2,18,19). The first-order valence-corrected chi connectivity index (χ1v) is 6.90. The predicted octanol–water partition coefficient (Wildman–Crippen LogP) is 4.03. The molecule has 0 aliphatic carbocycles. The van der Waals surface area contributed by atoms with Gasteiger partial charge in [0.1, 0.15) is 0 Å². The van der Waals surface area contributed by atoms with Gasteiger partial charge in [-0.15, -0.1) is 11.3 Å². The van der Waals surface area contributed by atoms with Crippen molar-refractivity contribution >= 4 is 16.5 Å². The summed E-state index contributed by atoms with van der Waals surface area (Å²) in [7, 11) is 0. The Bertz CT molecular complexity index is 645. The van der Waals surface area contributed by atoms with Crippen molar-refractivity contribution in [3.8, 4) is 0 Å². The molecule has 20 heavy (non-hydrogen) atoms. The summed E-state index contributed by atoms with van der Waals surface area (Å²) in [6.45, 7) is 5.89. The van der Waals surface area contributed by atoms with Crippen molar-refractivity contribution in [2.24, 2.45) is 0 Å². The molecule has 1 aromatic heterocycles. The van der Waals surface area contributed by atoms with Crippen LogP contribution in [0.15, 0.2) is 12.1 Å². The van der Waals surface area contributed by atoms with Crippen LogP contribution < -0.4 is 5.73 Å². The Hall–Kier alpha value is -1.56. The molecular formula is C14H15F3N2S. The lowest BCUT2D eigenvalue weighted by molar-refractivity contribution is 0.442. The van der Waals surface area contributed by atoms with E-state index in [0.29, 0.717) is 5.13 Å². The van der Waals surface area contributed by atoms with E-state index in [2.05, 4.69) is 4.98 Å². The highest BCUT2D eigenvalue weighted by Gasteiger charge is 2.24. The van der Waals surface area contributed by atoms with E-state index in [9.17, 15) is 13.2 Å². The summed E-state index contributed by atoms with van der Waals surface area (Å²) >= 11 is 1.24. The van der Waals surface area contributed by atoms with Gasteiger partial charge in [0.15, 0.2) is 22.6 Å². The van der Waals surface area contributed by atoms with Crippen molar-refractivity contribution in [1.29, 1.82) is 0 Å². The Kier molecular flexibility index (Phi) is 3.77. The van der Waals surface area contributed by atoms with Gasteiger partial charge in [0.2, 0.25) is 0 Å². The maximum absolute atomic E-state index is 13.7. The topological polar surface area (TPSA) is 38.9 Å². The summed E-state index contributed by atoms with van der Waals surface area (Å²) in [4.78, 5) is 5.02. The molecule has 0 radical (unpaired) electrons. The minimum atomic E-state index is -1.45. The zero-order valence-electron chi connectivity index (χ0n) is 11.4. The molecule has 2 nitrogen and oxygen atoms in total. The molecule has 0 spiro atoms. The first-order valence-electron chi connectivity index (χ1n) is 6.08. The van der Waals surface area contributed by atoms with Crippen LogP contribution in [0.2, 0.25) is 0 Å². The fraction of sp³-hybridized carbons (Fsp3) is 0.357. The van der Waals surface area contributed by atoms with E-state index < -0.39 is 17.5 Å². The van der Waals surface area contributed by atoms with Gasteiger partial charge in [-0.3, -0.25) is 0 Å². The van der Waals surface area contributed by atoms with Crippen LogP contribution in [0.5, 0.6) is 0 Å². The van der Waals surface area contributed by atoms with Crippen LogP contribution in [-0.2, 0) is 11.8 Å². The fourth-order valence-corrected chi connectivity index (χ4v) is 3.02. The van der Waals surface area contributed by atoms with Gasteiger partial charge in [0, 0.05) is 16.7 Å². The van der Waals surface area contributed by atoms with Gasteiger partial charge in [0.05, 0.1) is 5.69 Å². The lowest BCUT2D eigenvalue weighted by Crippen LogP contribution is -2.14. The molecule has 0 aliphatic heterocycles. The van der Waals surface area contributed by atoms with E-state index in [1.807, 2.05) is 20.8 Å². The predicted molar refractivity (Wildman–Crippen MR) is 74.3 cm³/mol. The van der Waals surface area contributed by atoms with E-state index in [1.54, 1.807) is 0 Å². The smallest absolute Gasteiger partial charge is 0.194 e. The van der Waals surface area contributed by atoms with Gasteiger partial charge < -0.3 is 5.73 Å². The highest BCUT2D eigenvalue weighted by atomic mass is 32.1. The molecule has 0 amide bonds. The van der Waals surface area contributed by atoms with Gasteiger partial charge in [-0.25, -0.2) is 18.2 Å².